The normalized spacial score (nSPS) is 12.9. The van der Waals surface area contributed by atoms with Crippen molar-refractivity contribution in [3.05, 3.63) is 119 Å². The van der Waals surface area contributed by atoms with Crippen molar-refractivity contribution >= 4 is 47.4 Å². The third-order valence-electron chi connectivity index (χ3n) is 10.9. The Kier molecular flexibility index (Phi) is 21.8. The van der Waals surface area contributed by atoms with Gasteiger partial charge in [-0.2, -0.15) is 26.3 Å². The summed E-state index contributed by atoms with van der Waals surface area (Å²) in [6, 6.07) is 10.3. The number of ether oxygens (including phenoxy) is 2. The SMILES string of the molecule is CCCC[C@H](NC(=O)c1ccc(-c2ccccc2C(F)(F)F)[nH]1)C(=O)N[C@H](/C=C/C(=O)OCCc1cccc(-c2ccc(C(=O)NCC(=O)N[C@H](/C=C/C(=O)OCC)CCC(N)=O)[nH]2)c1C(F)(F)F)CCC(N)=O. The van der Waals surface area contributed by atoms with Crippen LogP contribution >= 0.6 is 0 Å². The van der Waals surface area contributed by atoms with Gasteiger partial charge in [0.25, 0.3) is 11.8 Å². The molecule has 74 heavy (non-hydrogen) atoms. The topological polar surface area (TPSA) is 287 Å². The van der Waals surface area contributed by atoms with Gasteiger partial charge in [-0.25, -0.2) is 9.59 Å². The van der Waals surface area contributed by atoms with E-state index in [1.165, 1.54) is 66.7 Å². The van der Waals surface area contributed by atoms with Crippen molar-refractivity contribution in [2.45, 2.75) is 95.7 Å². The van der Waals surface area contributed by atoms with Crippen LogP contribution in [0.2, 0.25) is 0 Å². The van der Waals surface area contributed by atoms with Crippen LogP contribution in [-0.2, 0) is 57.0 Å². The lowest BCUT2D eigenvalue weighted by molar-refractivity contribution is -0.139. The molecule has 6 amide bonds. The number of unbranched alkanes of at least 4 members (excludes halogenated alkanes) is 1. The number of esters is 2. The molecule has 0 aliphatic rings. The molecule has 398 valence electrons. The van der Waals surface area contributed by atoms with Crippen molar-refractivity contribution < 1.29 is 74.2 Å². The molecule has 0 aliphatic heterocycles. The molecule has 4 aromatic rings. The van der Waals surface area contributed by atoms with E-state index in [0.29, 0.717) is 12.8 Å². The molecule has 0 saturated carbocycles. The van der Waals surface area contributed by atoms with Gasteiger partial charge in [0.05, 0.1) is 30.9 Å². The fraction of sp³-hybridized carbons (Fsp3) is 0.360. The Bertz CT molecular complexity index is 2690. The molecule has 0 fully saturated rings. The van der Waals surface area contributed by atoms with Crippen LogP contribution in [0.4, 0.5) is 26.3 Å². The second kappa shape index (κ2) is 27.6. The first-order valence-corrected chi connectivity index (χ1v) is 23.2. The summed E-state index contributed by atoms with van der Waals surface area (Å²) in [6.07, 6.45) is -4.94. The zero-order valence-electron chi connectivity index (χ0n) is 40.2. The summed E-state index contributed by atoms with van der Waals surface area (Å²) in [6.45, 7) is 2.38. The van der Waals surface area contributed by atoms with E-state index >= 15 is 0 Å². The van der Waals surface area contributed by atoms with Crippen LogP contribution in [0, 0.1) is 0 Å². The summed E-state index contributed by atoms with van der Waals surface area (Å²) in [4.78, 5) is 105. The van der Waals surface area contributed by atoms with Gasteiger partial charge in [-0.15, -0.1) is 0 Å². The number of rotatable bonds is 27. The Morgan fingerprint density at radius 1 is 0.649 bits per heavy atom. The number of hydrogen-bond donors (Lipinski definition) is 8. The number of carbonyl (C=O) groups excluding carboxylic acids is 8. The number of H-pyrrole nitrogens is 2. The minimum absolute atomic E-state index is 0.00368. The Hall–Kier alpha value is -8.18. The third kappa shape index (κ3) is 18.5. The lowest BCUT2D eigenvalue weighted by Crippen LogP contribution is -2.49. The monoisotopic (exact) mass is 1040 g/mol. The molecule has 3 atom stereocenters. The zero-order valence-corrected chi connectivity index (χ0v) is 40.2. The summed E-state index contributed by atoms with van der Waals surface area (Å²) >= 11 is 0. The number of benzene rings is 2. The number of aromatic nitrogens is 2. The van der Waals surface area contributed by atoms with Crippen LogP contribution in [0.25, 0.3) is 22.5 Å². The number of halogens is 6. The van der Waals surface area contributed by atoms with Crippen molar-refractivity contribution in [2.75, 3.05) is 19.8 Å². The van der Waals surface area contributed by atoms with E-state index in [-0.39, 0.29) is 78.2 Å². The third-order valence-corrected chi connectivity index (χ3v) is 10.9. The first kappa shape index (κ1) is 58.4. The summed E-state index contributed by atoms with van der Waals surface area (Å²) in [5.41, 5.74) is 7.23. The molecule has 0 radical (unpaired) electrons. The average molecular weight is 1040 g/mol. The van der Waals surface area contributed by atoms with Crippen LogP contribution in [0.3, 0.4) is 0 Å². The second-order valence-electron chi connectivity index (χ2n) is 16.5. The lowest BCUT2D eigenvalue weighted by Gasteiger charge is -2.21. The predicted molar refractivity (Wildman–Crippen MR) is 256 cm³/mol. The van der Waals surface area contributed by atoms with Crippen molar-refractivity contribution in [3.8, 4) is 22.5 Å². The molecule has 2 heterocycles. The highest BCUT2D eigenvalue weighted by atomic mass is 19.4. The summed E-state index contributed by atoms with van der Waals surface area (Å²) in [7, 11) is 0. The number of alkyl halides is 6. The zero-order chi connectivity index (χ0) is 54.6. The van der Waals surface area contributed by atoms with Gasteiger partial charge in [-0.05, 0) is 62.1 Å². The molecule has 0 saturated heterocycles. The van der Waals surface area contributed by atoms with Crippen LogP contribution in [0.15, 0.2) is 91.0 Å². The molecule has 4 rings (SSSR count). The van der Waals surface area contributed by atoms with Crippen molar-refractivity contribution in [1.82, 2.24) is 31.2 Å². The van der Waals surface area contributed by atoms with E-state index in [1.807, 2.05) is 6.92 Å². The maximum Gasteiger partial charge on any atom is 0.417 e. The second-order valence-corrected chi connectivity index (χ2v) is 16.5. The van der Waals surface area contributed by atoms with Gasteiger partial charge in [-0.3, -0.25) is 28.8 Å². The Labute approximate surface area is 420 Å². The molecule has 2 aromatic heterocycles. The Morgan fingerprint density at radius 2 is 1.22 bits per heavy atom. The minimum atomic E-state index is -4.94. The Morgan fingerprint density at radius 3 is 1.80 bits per heavy atom. The van der Waals surface area contributed by atoms with Crippen LogP contribution in [0.1, 0.15) is 96.5 Å². The maximum absolute atomic E-state index is 14.7. The largest absolute Gasteiger partial charge is 0.463 e. The molecule has 0 bridgehead atoms. The molecule has 10 N–H and O–H groups in total. The number of aromatic amines is 2. The molecule has 0 spiro atoms. The van der Waals surface area contributed by atoms with Crippen LogP contribution < -0.4 is 32.7 Å². The van der Waals surface area contributed by atoms with Crippen molar-refractivity contribution in [1.29, 1.82) is 0 Å². The van der Waals surface area contributed by atoms with E-state index in [4.69, 9.17) is 20.9 Å². The first-order valence-electron chi connectivity index (χ1n) is 23.2. The maximum atomic E-state index is 14.7. The number of carbonyl (C=O) groups is 8. The van der Waals surface area contributed by atoms with E-state index in [9.17, 15) is 64.7 Å². The number of hydrogen-bond acceptors (Lipinski definition) is 10. The van der Waals surface area contributed by atoms with Crippen molar-refractivity contribution in [2.24, 2.45) is 11.5 Å². The van der Waals surface area contributed by atoms with E-state index in [0.717, 1.165) is 24.3 Å². The molecule has 0 unspecified atom stereocenters. The lowest BCUT2D eigenvalue weighted by atomic mass is 9.96. The van der Waals surface area contributed by atoms with Crippen molar-refractivity contribution in [3.63, 3.8) is 0 Å². The minimum Gasteiger partial charge on any atom is -0.463 e. The van der Waals surface area contributed by atoms with Gasteiger partial charge in [0.1, 0.15) is 17.4 Å². The molecular formula is C50H56F6N8O10. The summed E-state index contributed by atoms with van der Waals surface area (Å²) in [5.74, 6) is -6.26. The highest BCUT2D eigenvalue weighted by molar-refractivity contribution is 5.97. The van der Waals surface area contributed by atoms with Gasteiger partial charge in [0, 0.05) is 66.0 Å². The molecule has 24 heteroatoms. The highest BCUT2D eigenvalue weighted by Gasteiger charge is 2.37. The predicted octanol–water partition coefficient (Wildman–Crippen LogP) is 5.69. The molecule has 2 aromatic carbocycles. The summed E-state index contributed by atoms with van der Waals surface area (Å²) in [5, 5.41) is 10.1. The smallest absolute Gasteiger partial charge is 0.417 e. The first-order chi connectivity index (χ1) is 35.0. The van der Waals surface area contributed by atoms with Gasteiger partial charge in [0.15, 0.2) is 0 Å². The summed E-state index contributed by atoms with van der Waals surface area (Å²) < 4.78 is 95.1. The van der Waals surface area contributed by atoms with Crippen LogP contribution in [-0.4, -0.2) is 95.2 Å². The van der Waals surface area contributed by atoms with E-state index < -0.39 is 109 Å². The molecular weight excluding hydrogens is 987 g/mol. The van der Waals surface area contributed by atoms with Crippen LogP contribution in [0.5, 0.6) is 0 Å². The fourth-order valence-electron chi connectivity index (χ4n) is 7.33. The number of primary amides is 2. The highest BCUT2D eigenvalue weighted by Crippen LogP contribution is 2.40. The van der Waals surface area contributed by atoms with E-state index in [1.54, 1.807) is 6.92 Å². The quantitative estimate of drug-likeness (QED) is 0.0205. The number of amides is 6. The molecule has 0 aliphatic carbocycles. The number of nitrogens with one attached hydrogen (secondary N) is 6. The van der Waals surface area contributed by atoms with Gasteiger partial charge in [-0.1, -0.05) is 68.3 Å². The van der Waals surface area contributed by atoms with Gasteiger partial charge >= 0.3 is 24.3 Å². The number of nitrogens with two attached hydrogens (primary N) is 2. The fourth-order valence-corrected chi connectivity index (χ4v) is 7.33. The van der Waals surface area contributed by atoms with Gasteiger partial charge < -0.3 is 52.2 Å². The van der Waals surface area contributed by atoms with Gasteiger partial charge in [0.2, 0.25) is 23.6 Å². The van der Waals surface area contributed by atoms with E-state index in [2.05, 4.69) is 31.2 Å². The average Bonchev–Trinajstić information content (AvgIpc) is 4.05. The molecule has 18 nitrogen and oxygen atoms in total. The Balaban J connectivity index is 1.40. The standard InChI is InChI=1S/C50H56F6N8O10/c1-3-5-13-37(64-48(72)39-21-18-35(62-39)32-10-6-7-12-34(32)49(51,52)53)47(71)61-31(15-23-41(58)66)17-25-44(69)74-27-26-29-9-8-11-33(45(29)50(54,55)56)36-19-20-38(63-36)46(70)59-28-42(67)60-30(14-22-40(57)65)16-24-43(68)73-4-2/h6-12,16-21,24-25,30-31,37,62-63H,3-5,13-15,22-23,26-28H2,1-2H3,(H2,57,65)(H2,58,66)(H,59,70)(H,60,67)(H,61,71)(H,64,72)/b24-16+,25-17+/t30-,31-,37-/m0/s1.